The van der Waals surface area contributed by atoms with Crippen LogP contribution in [-0.2, 0) is 0 Å². The largest absolute Gasteiger partial charge is 0.402 e. The van der Waals surface area contributed by atoms with Crippen LogP contribution in [-0.4, -0.2) is 0 Å². The van der Waals surface area contributed by atoms with E-state index in [0.717, 1.165) is 18.5 Å². The topological polar surface area (TPSA) is 26.0 Å². The number of hydrogen-bond acceptors (Lipinski definition) is 1. The molecular weight excluding hydrogens is 98.1 g/mol. The Morgan fingerprint density at radius 1 is 1.75 bits per heavy atom. The van der Waals surface area contributed by atoms with Gasteiger partial charge < -0.3 is 5.73 Å². The number of rotatable bonds is 3. The normalized spacial score (nSPS) is 11.4. The van der Waals surface area contributed by atoms with Crippen molar-refractivity contribution in [2.24, 2.45) is 5.73 Å². The lowest BCUT2D eigenvalue weighted by atomic mass is 10.3. The molecule has 46 valence electrons. The maximum absolute atomic E-state index is 5.48. The van der Waals surface area contributed by atoms with Gasteiger partial charge in [0.1, 0.15) is 0 Å². The molecule has 0 aliphatic rings. The summed E-state index contributed by atoms with van der Waals surface area (Å²) in [6.45, 7) is 5.63. The Morgan fingerprint density at radius 3 is 2.75 bits per heavy atom. The van der Waals surface area contributed by atoms with Crippen LogP contribution in [0.3, 0.4) is 0 Å². The molecule has 0 aromatic carbocycles. The van der Waals surface area contributed by atoms with Crippen molar-refractivity contribution in [3.63, 3.8) is 0 Å². The smallest absolute Gasteiger partial charge is 0.00780 e. The van der Waals surface area contributed by atoms with Gasteiger partial charge in [0.25, 0.3) is 0 Å². The summed E-state index contributed by atoms with van der Waals surface area (Å²) in [6.07, 6.45) is 5.64. The van der Waals surface area contributed by atoms with Crippen molar-refractivity contribution >= 4 is 0 Å². The summed E-state index contributed by atoms with van der Waals surface area (Å²) in [5, 5.41) is 0. The fraction of sp³-hybridized carbons (Fsp3) is 0.429. The van der Waals surface area contributed by atoms with Gasteiger partial charge in [0.05, 0.1) is 0 Å². The lowest BCUT2D eigenvalue weighted by Gasteiger charge is -1.91. The molecular formula is C7H13N. The molecule has 0 saturated heterocycles. The zero-order chi connectivity index (χ0) is 6.41. The Balaban J connectivity index is 3.44. The highest BCUT2D eigenvalue weighted by Crippen LogP contribution is 1.93. The average Bonchev–Trinajstić information content (AvgIpc) is 1.68. The van der Waals surface area contributed by atoms with E-state index >= 15 is 0 Å². The van der Waals surface area contributed by atoms with E-state index in [0.29, 0.717) is 0 Å². The van der Waals surface area contributed by atoms with Gasteiger partial charge in [0, 0.05) is 12.1 Å². The van der Waals surface area contributed by atoms with Crippen LogP contribution in [0.5, 0.6) is 0 Å². The summed E-state index contributed by atoms with van der Waals surface area (Å²) >= 11 is 0. The molecule has 1 heteroatoms. The predicted molar refractivity (Wildman–Crippen MR) is 37.4 cm³/mol. The minimum Gasteiger partial charge on any atom is -0.402 e. The Labute approximate surface area is 50.9 Å². The maximum Gasteiger partial charge on any atom is 0.00780 e. The first kappa shape index (κ1) is 7.28. The Kier molecular flexibility index (Phi) is 4.04. The van der Waals surface area contributed by atoms with Gasteiger partial charge >= 0.3 is 0 Å². The van der Waals surface area contributed by atoms with E-state index in [9.17, 15) is 0 Å². The number of allylic oxidation sites excluding steroid dienone is 2. The van der Waals surface area contributed by atoms with Crippen molar-refractivity contribution in [3.8, 4) is 0 Å². The molecule has 0 aromatic rings. The van der Waals surface area contributed by atoms with Gasteiger partial charge in [-0.3, -0.25) is 0 Å². The summed E-state index contributed by atoms with van der Waals surface area (Å²) in [4.78, 5) is 0. The van der Waals surface area contributed by atoms with E-state index in [4.69, 9.17) is 5.73 Å². The molecule has 0 saturated carbocycles. The fourth-order valence-corrected chi connectivity index (χ4v) is 0.512. The number of nitrogens with two attached hydrogens (primary N) is 1. The molecule has 0 bridgehead atoms. The monoisotopic (exact) mass is 111 g/mol. The third-order valence-electron chi connectivity index (χ3n) is 0.846. The molecule has 2 N–H and O–H groups in total. The SMILES string of the molecule is C=CCC(N)=CCC. The van der Waals surface area contributed by atoms with Gasteiger partial charge in [-0.15, -0.1) is 6.58 Å². The lowest BCUT2D eigenvalue weighted by molar-refractivity contribution is 1.10. The minimum atomic E-state index is 0.813. The second-order valence-corrected chi connectivity index (χ2v) is 1.68. The van der Waals surface area contributed by atoms with Crippen LogP contribution in [0.15, 0.2) is 24.4 Å². The molecule has 0 rings (SSSR count). The molecule has 0 unspecified atom stereocenters. The molecule has 0 atom stereocenters. The van der Waals surface area contributed by atoms with Crippen LogP contribution in [0.4, 0.5) is 0 Å². The molecule has 0 amide bonds. The van der Waals surface area contributed by atoms with Crippen molar-refractivity contribution in [2.75, 3.05) is 0 Å². The van der Waals surface area contributed by atoms with Crippen LogP contribution in [0.1, 0.15) is 19.8 Å². The third-order valence-corrected chi connectivity index (χ3v) is 0.846. The zero-order valence-corrected chi connectivity index (χ0v) is 5.35. The summed E-state index contributed by atoms with van der Waals surface area (Å²) in [5.41, 5.74) is 6.40. The lowest BCUT2D eigenvalue weighted by Crippen LogP contribution is -1.93. The van der Waals surface area contributed by atoms with Crippen molar-refractivity contribution < 1.29 is 0 Å². The van der Waals surface area contributed by atoms with Crippen molar-refractivity contribution in [2.45, 2.75) is 19.8 Å². The second-order valence-electron chi connectivity index (χ2n) is 1.68. The van der Waals surface area contributed by atoms with E-state index in [1.165, 1.54) is 0 Å². The number of hydrogen-bond donors (Lipinski definition) is 1. The molecule has 0 aromatic heterocycles. The van der Waals surface area contributed by atoms with E-state index in [1.54, 1.807) is 0 Å². The Hall–Kier alpha value is -0.720. The third kappa shape index (κ3) is 3.47. The fourth-order valence-electron chi connectivity index (χ4n) is 0.512. The first-order valence-corrected chi connectivity index (χ1v) is 2.86. The van der Waals surface area contributed by atoms with E-state index in [2.05, 4.69) is 13.5 Å². The molecule has 8 heavy (non-hydrogen) atoms. The maximum atomic E-state index is 5.48. The predicted octanol–water partition coefficient (Wildman–Crippen LogP) is 1.82. The molecule has 1 nitrogen and oxygen atoms in total. The van der Waals surface area contributed by atoms with Crippen molar-refractivity contribution in [3.05, 3.63) is 24.4 Å². The second kappa shape index (κ2) is 4.44. The van der Waals surface area contributed by atoms with E-state index in [1.807, 2.05) is 12.2 Å². The van der Waals surface area contributed by atoms with Crippen LogP contribution in [0, 0.1) is 0 Å². The van der Waals surface area contributed by atoms with Gasteiger partial charge in [-0.2, -0.15) is 0 Å². The van der Waals surface area contributed by atoms with Gasteiger partial charge in [-0.25, -0.2) is 0 Å². The molecule has 0 aliphatic heterocycles. The quantitative estimate of drug-likeness (QED) is 0.552. The molecule has 0 spiro atoms. The van der Waals surface area contributed by atoms with Crippen LogP contribution < -0.4 is 5.73 Å². The summed E-state index contributed by atoms with van der Waals surface area (Å²) in [6, 6.07) is 0. The zero-order valence-electron chi connectivity index (χ0n) is 5.35. The van der Waals surface area contributed by atoms with Crippen molar-refractivity contribution in [1.82, 2.24) is 0 Å². The average molecular weight is 111 g/mol. The highest BCUT2D eigenvalue weighted by molar-refractivity contribution is 5.00. The Morgan fingerprint density at radius 2 is 2.38 bits per heavy atom. The van der Waals surface area contributed by atoms with Crippen LogP contribution in [0.25, 0.3) is 0 Å². The molecule has 0 aliphatic carbocycles. The van der Waals surface area contributed by atoms with Gasteiger partial charge in [0.2, 0.25) is 0 Å². The van der Waals surface area contributed by atoms with E-state index < -0.39 is 0 Å². The minimum absolute atomic E-state index is 0.813. The summed E-state index contributed by atoms with van der Waals surface area (Å²) < 4.78 is 0. The molecule has 0 fully saturated rings. The van der Waals surface area contributed by atoms with Gasteiger partial charge in [-0.05, 0) is 6.42 Å². The molecule has 0 heterocycles. The standard InChI is InChI=1S/C7H13N/c1-3-5-7(8)6-4-2/h3,6H,1,4-5,8H2,2H3. The van der Waals surface area contributed by atoms with Crippen LogP contribution in [0.2, 0.25) is 0 Å². The van der Waals surface area contributed by atoms with Gasteiger partial charge in [0.15, 0.2) is 0 Å². The summed E-state index contributed by atoms with van der Waals surface area (Å²) in [7, 11) is 0. The van der Waals surface area contributed by atoms with Crippen molar-refractivity contribution in [1.29, 1.82) is 0 Å². The highest BCUT2D eigenvalue weighted by atomic mass is 14.6. The summed E-state index contributed by atoms with van der Waals surface area (Å²) in [5.74, 6) is 0. The first-order valence-electron chi connectivity index (χ1n) is 2.86. The highest BCUT2D eigenvalue weighted by Gasteiger charge is 1.79. The van der Waals surface area contributed by atoms with E-state index in [-0.39, 0.29) is 0 Å². The van der Waals surface area contributed by atoms with Crippen LogP contribution >= 0.6 is 0 Å². The van der Waals surface area contributed by atoms with Gasteiger partial charge in [-0.1, -0.05) is 19.1 Å². The Bertz CT molecular complexity index is 92.6. The molecule has 0 radical (unpaired) electrons. The first-order chi connectivity index (χ1) is 3.81.